The van der Waals surface area contributed by atoms with E-state index in [9.17, 15) is 4.79 Å². The van der Waals surface area contributed by atoms with Gasteiger partial charge in [0, 0.05) is 25.4 Å². The zero-order valence-corrected chi connectivity index (χ0v) is 11.7. The van der Waals surface area contributed by atoms with Crippen molar-refractivity contribution in [2.75, 3.05) is 6.54 Å². The van der Waals surface area contributed by atoms with Crippen LogP contribution in [0.3, 0.4) is 0 Å². The number of rotatable bonds is 5. The lowest BCUT2D eigenvalue weighted by atomic mass is 10.0. The van der Waals surface area contributed by atoms with Crippen LogP contribution in [0.15, 0.2) is 18.5 Å². The van der Waals surface area contributed by atoms with Gasteiger partial charge in [-0.3, -0.25) is 9.48 Å². The van der Waals surface area contributed by atoms with Crippen molar-refractivity contribution in [3.63, 3.8) is 0 Å². The summed E-state index contributed by atoms with van der Waals surface area (Å²) in [7, 11) is 0. The zero-order valence-electron chi connectivity index (χ0n) is 11.7. The Morgan fingerprint density at radius 2 is 2.26 bits per heavy atom. The van der Waals surface area contributed by atoms with Crippen LogP contribution in [0, 0.1) is 11.8 Å². The first-order valence-corrected chi connectivity index (χ1v) is 7.51. The van der Waals surface area contributed by atoms with Crippen LogP contribution in [-0.4, -0.2) is 33.2 Å². The van der Waals surface area contributed by atoms with Gasteiger partial charge in [-0.1, -0.05) is 6.92 Å². The summed E-state index contributed by atoms with van der Waals surface area (Å²) >= 11 is 0. The van der Waals surface area contributed by atoms with Gasteiger partial charge >= 0.3 is 0 Å². The summed E-state index contributed by atoms with van der Waals surface area (Å²) in [4.78, 5) is 14.5. The minimum absolute atomic E-state index is 0.346. The molecule has 2 atom stereocenters. The lowest BCUT2D eigenvalue weighted by Crippen LogP contribution is -2.38. The van der Waals surface area contributed by atoms with E-state index in [1.807, 2.05) is 16.9 Å². The molecular weight excluding hydrogens is 238 g/mol. The number of likely N-dealkylation sites (tertiary alicyclic amines) is 1. The molecule has 4 heteroatoms. The molecule has 1 aliphatic heterocycles. The number of aromatic nitrogens is 2. The number of amides is 1. The molecule has 4 nitrogen and oxygen atoms in total. The summed E-state index contributed by atoms with van der Waals surface area (Å²) in [5.41, 5.74) is 0. The van der Waals surface area contributed by atoms with Crippen molar-refractivity contribution in [2.24, 2.45) is 11.8 Å². The molecule has 3 rings (SSSR count). The third kappa shape index (κ3) is 2.99. The molecule has 1 amide bonds. The molecule has 0 radical (unpaired) electrons. The van der Waals surface area contributed by atoms with Gasteiger partial charge in [0.1, 0.15) is 0 Å². The predicted octanol–water partition coefficient (Wildman–Crippen LogP) is 2.31. The molecule has 1 saturated heterocycles. The Labute approximate surface area is 114 Å². The van der Waals surface area contributed by atoms with E-state index >= 15 is 0 Å². The molecule has 0 spiro atoms. The standard InChI is InChI=1S/C15H23N3O/c1-12(13-5-6-13)10-15(19)18-9-2-4-14(18)11-17-8-3-7-16-17/h3,7-8,12-14H,2,4-6,9-11H2,1H3/t12-,14-/m0/s1. The van der Waals surface area contributed by atoms with Crippen LogP contribution >= 0.6 is 0 Å². The van der Waals surface area contributed by atoms with Crippen LogP contribution in [0.2, 0.25) is 0 Å². The molecule has 0 bridgehead atoms. The number of hydrogen-bond donors (Lipinski definition) is 0. The third-order valence-electron chi connectivity index (χ3n) is 4.58. The van der Waals surface area contributed by atoms with Crippen molar-refractivity contribution >= 4 is 5.91 Å². The minimum atomic E-state index is 0.346. The van der Waals surface area contributed by atoms with E-state index < -0.39 is 0 Å². The molecule has 0 N–H and O–H groups in total. The zero-order chi connectivity index (χ0) is 13.2. The second-order valence-electron chi connectivity index (χ2n) is 6.13. The fourth-order valence-electron chi connectivity index (χ4n) is 3.20. The maximum atomic E-state index is 12.4. The summed E-state index contributed by atoms with van der Waals surface area (Å²) < 4.78 is 1.95. The Morgan fingerprint density at radius 3 is 2.95 bits per heavy atom. The highest BCUT2D eigenvalue weighted by atomic mass is 16.2. The number of carbonyl (C=O) groups excluding carboxylic acids is 1. The second kappa shape index (κ2) is 5.35. The summed E-state index contributed by atoms with van der Waals surface area (Å²) in [5.74, 6) is 1.74. The van der Waals surface area contributed by atoms with E-state index in [0.717, 1.165) is 38.3 Å². The molecule has 0 unspecified atom stereocenters. The Morgan fingerprint density at radius 1 is 1.42 bits per heavy atom. The Bertz CT molecular complexity index is 425. The van der Waals surface area contributed by atoms with E-state index in [1.54, 1.807) is 6.20 Å². The van der Waals surface area contributed by atoms with Crippen molar-refractivity contribution in [2.45, 2.75) is 51.6 Å². The van der Waals surface area contributed by atoms with Crippen molar-refractivity contribution in [3.8, 4) is 0 Å². The maximum Gasteiger partial charge on any atom is 0.223 e. The lowest BCUT2D eigenvalue weighted by Gasteiger charge is -2.26. The number of hydrogen-bond acceptors (Lipinski definition) is 2. The highest BCUT2D eigenvalue weighted by Gasteiger charge is 2.33. The van der Waals surface area contributed by atoms with Crippen LogP contribution < -0.4 is 0 Å². The molecule has 19 heavy (non-hydrogen) atoms. The number of carbonyl (C=O) groups is 1. The molecule has 1 aromatic heterocycles. The molecule has 1 saturated carbocycles. The van der Waals surface area contributed by atoms with Crippen LogP contribution in [0.4, 0.5) is 0 Å². The van der Waals surface area contributed by atoms with E-state index in [1.165, 1.54) is 12.8 Å². The van der Waals surface area contributed by atoms with Gasteiger partial charge in [-0.05, 0) is 43.6 Å². The van der Waals surface area contributed by atoms with E-state index in [2.05, 4.69) is 16.9 Å². The van der Waals surface area contributed by atoms with Crippen molar-refractivity contribution in [1.82, 2.24) is 14.7 Å². The Kier molecular flexibility index (Phi) is 3.58. The fourth-order valence-corrected chi connectivity index (χ4v) is 3.20. The van der Waals surface area contributed by atoms with Crippen LogP contribution in [-0.2, 0) is 11.3 Å². The summed E-state index contributed by atoms with van der Waals surface area (Å²) in [5, 5.41) is 4.25. The van der Waals surface area contributed by atoms with Crippen LogP contribution in [0.5, 0.6) is 0 Å². The first kappa shape index (κ1) is 12.7. The molecular formula is C15H23N3O. The molecule has 2 heterocycles. The molecule has 0 aromatic carbocycles. The largest absolute Gasteiger partial charge is 0.338 e. The van der Waals surface area contributed by atoms with Gasteiger partial charge in [0.25, 0.3) is 0 Å². The van der Waals surface area contributed by atoms with Gasteiger partial charge in [-0.2, -0.15) is 5.10 Å². The molecule has 2 fully saturated rings. The predicted molar refractivity (Wildman–Crippen MR) is 73.5 cm³/mol. The maximum absolute atomic E-state index is 12.4. The van der Waals surface area contributed by atoms with Crippen molar-refractivity contribution in [1.29, 1.82) is 0 Å². The average Bonchev–Trinajstić information content (AvgIpc) is 2.93. The van der Waals surface area contributed by atoms with Gasteiger partial charge in [0.05, 0.1) is 12.6 Å². The van der Waals surface area contributed by atoms with Gasteiger partial charge in [-0.25, -0.2) is 0 Å². The molecule has 1 aliphatic carbocycles. The van der Waals surface area contributed by atoms with Crippen molar-refractivity contribution in [3.05, 3.63) is 18.5 Å². The highest BCUT2D eigenvalue weighted by molar-refractivity contribution is 5.77. The Balaban J connectivity index is 1.57. The van der Waals surface area contributed by atoms with Crippen LogP contribution in [0.1, 0.15) is 39.0 Å². The monoisotopic (exact) mass is 261 g/mol. The van der Waals surface area contributed by atoms with E-state index in [-0.39, 0.29) is 0 Å². The van der Waals surface area contributed by atoms with Gasteiger partial charge in [-0.15, -0.1) is 0 Å². The highest BCUT2D eigenvalue weighted by Crippen LogP contribution is 2.38. The van der Waals surface area contributed by atoms with E-state index in [4.69, 9.17) is 0 Å². The normalized spacial score (nSPS) is 24.7. The third-order valence-corrected chi connectivity index (χ3v) is 4.58. The van der Waals surface area contributed by atoms with Crippen LogP contribution in [0.25, 0.3) is 0 Å². The fraction of sp³-hybridized carbons (Fsp3) is 0.733. The minimum Gasteiger partial charge on any atom is -0.338 e. The molecule has 1 aromatic rings. The topological polar surface area (TPSA) is 38.1 Å². The van der Waals surface area contributed by atoms with Gasteiger partial charge in [0.15, 0.2) is 0 Å². The summed E-state index contributed by atoms with van der Waals surface area (Å²) in [6.45, 7) is 4.01. The molecule has 104 valence electrons. The van der Waals surface area contributed by atoms with Gasteiger partial charge in [0.2, 0.25) is 5.91 Å². The van der Waals surface area contributed by atoms with Gasteiger partial charge < -0.3 is 4.90 Å². The summed E-state index contributed by atoms with van der Waals surface area (Å²) in [6.07, 6.45) is 9.42. The smallest absolute Gasteiger partial charge is 0.223 e. The SMILES string of the molecule is C[C@@H](CC(=O)N1CCC[C@H]1Cn1cccn1)C1CC1. The summed E-state index contributed by atoms with van der Waals surface area (Å²) in [6, 6.07) is 2.29. The first-order valence-electron chi connectivity index (χ1n) is 7.51. The lowest BCUT2D eigenvalue weighted by molar-refractivity contribution is -0.133. The van der Waals surface area contributed by atoms with Crippen molar-refractivity contribution < 1.29 is 4.79 Å². The Hall–Kier alpha value is -1.32. The van der Waals surface area contributed by atoms with E-state index in [0.29, 0.717) is 17.9 Å². The average molecular weight is 261 g/mol. The quantitative estimate of drug-likeness (QED) is 0.815. The first-order chi connectivity index (χ1) is 9.24. The molecule has 2 aliphatic rings. The number of nitrogens with zero attached hydrogens (tertiary/aromatic N) is 3. The second-order valence-corrected chi connectivity index (χ2v) is 6.13.